The van der Waals surface area contributed by atoms with Crippen LogP contribution in [0.5, 0.6) is 0 Å². The Kier molecular flexibility index (Phi) is 45.4. The second-order valence-electron chi connectivity index (χ2n) is 17.9. The van der Waals surface area contributed by atoms with Gasteiger partial charge in [-0.15, -0.1) is 0 Å². The van der Waals surface area contributed by atoms with Gasteiger partial charge in [-0.1, -0.05) is 251 Å². The predicted molar refractivity (Wildman–Crippen MR) is 247 cm³/mol. The quantitative estimate of drug-likeness (QED) is 0.0311. The van der Waals surface area contributed by atoms with E-state index in [9.17, 15) is 25.2 Å². The van der Waals surface area contributed by atoms with Crippen LogP contribution in [0.4, 0.5) is 0 Å². The lowest BCUT2D eigenvalue weighted by Gasteiger charge is -2.27. The Morgan fingerprint density at radius 1 is 0.421 bits per heavy atom. The summed E-state index contributed by atoms with van der Waals surface area (Å²) in [7, 11) is 0. The van der Waals surface area contributed by atoms with Crippen LogP contribution in [-0.4, -0.2) is 57.3 Å². The third-order valence-corrected chi connectivity index (χ3v) is 12.2. The van der Waals surface area contributed by atoms with E-state index in [1.807, 2.05) is 0 Å². The average Bonchev–Trinajstić information content (AvgIpc) is 3.22. The summed E-state index contributed by atoms with van der Waals surface area (Å²) in [5.41, 5.74) is 0. The highest BCUT2D eigenvalue weighted by Gasteiger charge is 2.28. The summed E-state index contributed by atoms with van der Waals surface area (Å²) in [5, 5.41) is 43.8. The Morgan fingerprint density at radius 2 is 0.719 bits per heavy atom. The molecule has 0 aliphatic rings. The Bertz CT molecular complexity index is 821. The van der Waals surface area contributed by atoms with E-state index in [0.29, 0.717) is 12.8 Å². The summed E-state index contributed by atoms with van der Waals surface area (Å²) in [6.45, 7) is 4.07. The van der Waals surface area contributed by atoms with E-state index in [1.165, 1.54) is 212 Å². The number of carbonyl (C=O) groups is 1. The minimum atomic E-state index is -1.28. The van der Waals surface area contributed by atoms with E-state index in [1.54, 1.807) is 0 Å². The molecule has 0 aromatic carbocycles. The molecule has 0 saturated carbocycles. The SMILES string of the molecule is CCCCCCCCCCCCCCCCCC/C=C/CCCC(O)C(O)C(CO)NC(=O)C(O)CCCCCCCCCCCCCCCCCCCCCC. The van der Waals surface area contributed by atoms with Gasteiger partial charge in [-0.25, -0.2) is 0 Å². The highest BCUT2D eigenvalue weighted by molar-refractivity contribution is 5.80. The Balaban J connectivity index is 3.68. The third-order valence-electron chi connectivity index (χ3n) is 12.2. The number of amides is 1. The molecule has 6 heteroatoms. The first-order chi connectivity index (χ1) is 28.0. The fourth-order valence-electron chi connectivity index (χ4n) is 8.17. The van der Waals surface area contributed by atoms with E-state index < -0.39 is 36.9 Å². The topological polar surface area (TPSA) is 110 Å². The first-order valence-electron chi connectivity index (χ1n) is 25.6. The summed E-state index contributed by atoms with van der Waals surface area (Å²) in [6.07, 6.45) is 52.6. The summed E-state index contributed by atoms with van der Waals surface area (Å²) in [5.74, 6) is -0.588. The minimum absolute atomic E-state index is 0.368. The fraction of sp³-hybridized carbons (Fsp3) is 0.941. The van der Waals surface area contributed by atoms with Crippen LogP contribution in [0.25, 0.3) is 0 Å². The molecule has 0 aliphatic heterocycles. The summed E-state index contributed by atoms with van der Waals surface area (Å²) >= 11 is 0. The van der Waals surface area contributed by atoms with Crippen molar-refractivity contribution in [1.29, 1.82) is 0 Å². The summed E-state index contributed by atoms with van der Waals surface area (Å²) < 4.78 is 0. The zero-order valence-electron chi connectivity index (χ0n) is 38.4. The first kappa shape index (κ1) is 56.0. The highest BCUT2D eigenvalue weighted by atomic mass is 16.3. The number of aliphatic hydroxyl groups excluding tert-OH is 4. The largest absolute Gasteiger partial charge is 0.394 e. The molecule has 1 amide bonds. The molecule has 0 radical (unpaired) electrons. The van der Waals surface area contributed by atoms with Crippen LogP contribution >= 0.6 is 0 Å². The lowest BCUT2D eigenvalue weighted by Crippen LogP contribution is -2.53. The maximum Gasteiger partial charge on any atom is 0.249 e. The number of rotatable bonds is 47. The van der Waals surface area contributed by atoms with Crippen LogP contribution in [-0.2, 0) is 4.79 Å². The number of allylic oxidation sites excluding steroid dienone is 2. The van der Waals surface area contributed by atoms with Crippen molar-refractivity contribution >= 4 is 5.91 Å². The summed E-state index contributed by atoms with van der Waals surface area (Å²) in [6, 6.07) is -0.998. The third kappa shape index (κ3) is 40.2. The standard InChI is InChI=1S/C51H101NO5/c1-3-5-7-9-11-13-15-17-19-21-23-25-27-28-30-32-34-36-38-40-42-44-48(54)50(56)47(46-53)52-51(57)49(55)45-43-41-39-37-35-33-31-29-26-24-22-20-18-16-14-12-10-8-6-4-2/h36,38,47-50,53-56H,3-35,37,39-46H2,1-2H3,(H,52,57)/b38-36+. The smallest absolute Gasteiger partial charge is 0.249 e. The molecular weight excluding hydrogens is 707 g/mol. The van der Waals surface area contributed by atoms with Crippen LogP contribution in [0.2, 0.25) is 0 Å². The van der Waals surface area contributed by atoms with Crippen molar-refractivity contribution in [3.05, 3.63) is 12.2 Å². The Morgan fingerprint density at radius 3 is 1.05 bits per heavy atom. The van der Waals surface area contributed by atoms with Gasteiger partial charge in [0.15, 0.2) is 0 Å². The van der Waals surface area contributed by atoms with Gasteiger partial charge in [0.2, 0.25) is 5.91 Å². The first-order valence-corrected chi connectivity index (χ1v) is 25.6. The monoisotopic (exact) mass is 808 g/mol. The molecule has 0 saturated heterocycles. The van der Waals surface area contributed by atoms with Gasteiger partial charge >= 0.3 is 0 Å². The molecule has 4 atom stereocenters. The predicted octanol–water partition coefficient (Wildman–Crippen LogP) is 14.1. The van der Waals surface area contributed by atoms with Gasteiger partial charge in [0, 0.05) is 0 Å². The molecule has 5 N–H and O–H groups in total. The van der Waals surface area contributed by atoms with Gasteiger partial charge in [-0.05, 0) is 38.5 Å². The zero-order chi connectivity index (χ0) is 41.7. The van der Waals surface area contributed by atoms with Gasteiger partial charge in [0.1, 0.15) is 12.2 Å². The van der Waals surface area contributed by atoms with Crippen molar-refractivity contribution in [2.45, 2.75) is 301 Å². The van der Waals surface area contributed by atoms with Crippen molar-refractivity contribution in [1.82, 2.24) is 5.32 Å². The molecule has 0 bridgehead atoms. The van der Waals surface area contributed by atoms with E-state index in [-0.39, 0.29) is 0 Å². The lowest BCUT2D eigenvalue weighted by molar-refractivity contribution is -0.132. The van der Waals surface area contributed by atoms with E-state index in [2.05, 4.69) is 31.3 Å². The number of hydrogen-bond donors (Lipinski definition) is 5. The lowest BCUT2D eigenvalue weighted by atomic mass is 10.00. The number of unbranched alkanes of at least 4 members (excludes halogenated alkanes) is 36. The van der Waals surface area contributed by atoms with Gasteiger partial charge in [-0.3, -0.25) is 4.79 Å². The second kappa shape index (κ2) is 46.1. The number of aliphatic hydroxyl groups is 4. The van der Waals surface area contributed by atoms with E-state index in [0.717, 1.165) is 38.5 Å². The molecule has 4 unspecified atom stereocenters. The van der Waals surface area contributed by atoms with Crippen molar-refractivity contribution < 1.29 is 25.2 Å². The minimum Gasteiger partial charge on any atom is -0.394 e. The van der Waals surface area contributed by atoms with Gasteiger partial charge in [0.25, 0.3) is 0 Å². The zero-order valence-corrected chi connectivity index (χ0v) is 38.4. The molecule has 0 rings (SSSR count). The number of nitrogens with one attached hydrogen (secondary N) is 1. The van der Waals surface area contributed by atoms with Gasteiger partial charge in [0.05, 0.1) is 18.8 Å². The van der Waals surface area contributed by atoms with E-state index >= 15 is 0 Å². The summed E-state index contributed by atoms with van der Waals surface area (Å²) in [4.78, 5) is 12.6. The molecule has 0 aliphatic carbocycles. The van der Waals surface area contributed by atoms with Crippen LogP contribution < -0.4 is 5.32 Å². The number of carbonyl (C=O) groups excluding carboxylic acids is 1. The molecule has 6 nitrogen and oxygen atoms in total. The molecular formula is C51H101NO5. The molecule has 0 fully saturated rings. The molecule has 0 aromatic heterocycles. The molecule has 0 aromatic rings. The average molecular weight is 808 g/mol. The fourth-order valence-corrected chi connectivity index (χ4v) is 8.17. The molecule has 340 valence electrons. The van der Waals surface area contributed by atoms with Crippen molar-refractivity contribution in [3.63, 3.8) is 0 Å². The highest BCUT2D eigenvalue weighted by Crippen LogP contribution is 2.17. The van der Waals surface area contributed by atoms with Gasteiger partial charge < -0.3 is 25.7 Å². The van der Waals surface area contributed by atoms with Crippen molar-refractivity contribution in [3.8, 4) is 0 Å². The Hall–Kier alpha value is -0.950. The Labute approximate surface area is 355 Å². The van der Waals surface area contributed by atoms with Gasteiger partial charge in [-0.2, -0.15) is 0 Å². The van der Waals surface area contributed by atoms with Crippen molar-refractivity contribution in [2.75, 3.05) is 6.61 Å². The van der Waals surface area contributed by atoms with Crippen LogP contribution in [0.1, 0.15) is 277 Å². The van der Waals surface area contributed by atoms with Crippen LogP contribution in [0, 0.1) is 0 Å². The normalized spacial score (nSPS) is 14.0. The molecule has 0 heterocycles. The number of hydrogen-bond acceptors (Lipinski definition) is 5. The maximum atomic E-state index is 12.6. The maximum absolute atomic E-state index is 12.6. The van der Waals surface area contributed by atoms with Crippen LogP contribution in [0.3, 0.4) is 0 Å². The van der Waals surface area contributed by atoms with Crippen LogP contribution in [0.15, 0.2) is 12.2 Å². The molecule has 0 spiro atoms. The molecule has 57 heavy (non-hydrogen) atoms. The van der Waals surface area contributed by atoms with E-state index in [4.69, 9.17) is 0 Å². The second-order valence-corrected chi connectivity index (χ2v) is 17.9. The van der Waals surface area contributed by atoms with Crippen molar-refractivity contribution in [2.24, 2.45) is 0 Å².